The first-order valence-corrected chi connectivity index (χ1v) is 9.23. The van der Waals surface area contributed by atoms with Crippen molar-refractivity contribution in [3.05, 3.63) is 36.0 Å². The number of benzene rings is 1. The van der Waals surface area contributed by atoms with E-state index in [-0.39, 0.29) is 17.5 Å². The maximum atomic E-state index is 12.2. The average molecular weight is 383 g/mol. The van der Waals surface area contributed by atoms with Crippen LogP contribution >= 0.6 is 0 Å². The van der Waals surface area contributed by atoms with Gasteiger partial charge in [0, 0.05) is 38.2 Å². The van der Waals surface area contributed by atoms with E-state index in [1.807, 2.05) is 24.3 Å². The second-order valence-corrected chi connectivity index (χ2v) is 6.56. The van der Waals surface area contributed by atoms with E-state index in [0.717, 1.165) is 37.2 Å². The van der Waals surface area contributed by atoms with Gasteiger partial charge in [-0.15, -0.1) is 0 Å². The summed E-state index contributed by atoms with van der Waals surface area (Å²) < 4.78 is 0. The molecule has 9 nitrogen and oxygen atoms in total. The fourth-order valence-corrected chi connectivity index (χ4v) is 3.36. The van der Waals surface area contributed by atoms with E-state index in [0.29, 0.717) is 11.8 Å². The zero-order valence-electron chi connectivity index (χ0n) is 16.0. The van der Waals surface area contributed by atoms with Gasteiger partial charge in [0.15, 0.2) is 0 Å². The van der Waals surface area contributed by atoms with Gasteiger partial charge < -0.3 is 26.6 Å². The Morgan fingerprint density at radius 2 is 1.93 bits per heavy atom. The SMILES string of the molecule is CNC(=O)C1CCCCN1c1ccc(Nc2ncc(C(N)=O)c(NC)n2)cc1. The average Bonchev–Trinajstić information content (AvgIpc) is 2.73. The molecule has 28 heavy (non-hydrogen) atoms. The van der Waals surface area contributed by atoms with Gasteiger partial charge in [-0.3, -0.25) is 9.59 Å². The van der Waals surface area contributed by atoms with Crippen LogP contribution < -0.4 is 26.6 Å². The number of nitrogens with two attached hydrogens (primary N) is 1. The van der Waals surface area contributed by atoms with Crippen molar-refractivity contribution in [1.82, 2.24) is 15.3 Å². The van der Waals surface area contributed by atoms with E-state index >= 15 is 0 Å². The molecule has 9 heteroatoms. The molecule has 1 aliphatic heterocycles. The first-order valence-electron chi connectivity index (χ1n) is 9.23. The molecule has 2 amide bonds. The van der Waals surface area contributed by atoms with Crippen molar-refractivity contribution in [2.45, 2.75) is 25.3 Å². The number of hydrogen-bond acceptors (Lipinski definition) is 7. The second kappa shape index (κ2) is 8.55. The van der Waals surface area contributed by atoms with Gasteiger partial charge in [0.2, 0.25) is 11.9 Å². The van der Waals surface area contributed by atoms with Crippen molar-refractivity contribution in [3.8, 4) is 0 Å². The van der Waals surface area contributed by atoms with Crippen LogP contribution in [0.2, 0.25) is 0 Å². The highest BCUT2D eigenvalue weighted by molar-refractivity contribution is 5.97. The number of nitrogens with zero attached hydrogens (tertiary/aromatic N) is 3. The fourth-order valence-electron chi connectivity index (χ4n) is 3.36. The molecular weight excluding hydrogens is 358 g/mol. The van der Waals surface area contributed by atoms with Gasteiger partial charge in [-0.1, -0.05) is 0 Å². The van der Waals surface area contributed by atoms with Crippen LogP contribution in [0.1, 0.15) is 29.6 Å². The number of nitrogens with one attached hydrogen (secondary N) is 3. The third kappa shape index (κ3) is 4.13. The number of carbonyl (C=O) groups excluding carboxylic acids is 2. The lowest BCUT2D eigenvalue weighted by Crippen LogP contribution is -2.48. The Bertz CT molecular complexity index is 854. The lowest BCUT2D eigenvalue weighted by atomic mass is 10.0. The number of rotatable bonds is 6. The van der Waals surface area contributed by atoms with Gasteiger partial charge in [-0.25, -0.2) is 4.98 Å². The highest BCUT2D eigenvalue weighted by Crippen LogP contribution is 2.27. The van der Waals surface area contributed by atoms with Crippen LogP contribution in [0.4, 0.5) is 23.1 Å². The van der Waals surface area contributed by atoms with Crippen LogP contribution in [0.5, 0.6) is 0 Å². The highest BCUT2D eigenvalue weighted by Gasteiger charge is 2.28. The summed E-state index contributed by atoms with van der Waals surface area (Å²) in [5.74, 6) is 0.170. The summed E-state index contributed by atoms with van der Waals surface area (Å²) >= 11 is 0. The molecule has 1 aliphatic rings. The molecule has 0 aliphatic carbocycles. The zero-order chi connectivity index (χ0) is 20.1. The number of aromatic nitrogens is 2. The monoisotopic (exact) mass is 383 g/mol. The fraction of sp³-hybridized carbons (Fsp3) is 0.368. The van der Waals surface area contributed by atoms with Crippen molar-refractivity contribution < 1.29 is 9.59 Å². The molecule has 1 saturated heterocycles. The van der Waals surface area contributed by atoms with E-state index in [9.17, 15) is 9.59 Å². The summed E-state index contributed by atoms with van der Waals surface area (Å²) in [7, 11) is 3.33. The molecule has 2 aromatic rings. The van der Waals surface area contributed by atoms with Crippen LogP contribution in [0.15, 0.2) is 30.5 Å². The maximum absolute atomic E-state index is 12.2. The molecular formula is C19H25N7O2. The normalized spacial score (nSPS) is 16.4. The molecule has 0 saturated carbocycles. The van der Waals surface area contributed by atoms with Gasteiger partial charge in [-0.2, -0.15) is 4.98 Å². The predicted molar refractivity (Wildman–Crippen MR) is 109 cm³/mol. The molecule has 5 N–H and O–H groups in total. The van der Waals surface area contributed by atoms with E-state index in [2.05, 4.69) is 30.8 Å². The zero-order valence-corrected chi connectivity index (χ0v) is 16.0. The molecule has 1 atom stereocenters. The van der Waals surface area contributed by atoms with Crippen molar-refractivity contribution in [2.75, 3.05) is 36.2 Å². The Morgan fingerprint density at radius 3 is 2.57 bits per heavy atom. The van der Waals surface area contributed by atoms with Gasteiger partial charge in [0.25, 0.3) is 5.91 Å². The minimum atomic E-state index is -0.590. The van der Waals surface area contributed by atoms with Crippen molar-refractivity contribution in [3.63, 3.8) is 0 Å². The number of hydrogen-bond donors (Lipinski definition) is 4. The summed E-state index contributed by atoms with van der Waals surface area (Å²) in [6.45, 7) is 0.855. The molecule has 148 valence electrons. The summed E-state index contributed by atoms with van der Waals surface area (Å²) in [5.41, 5.74) is 7.34. The first kappa shape index (κ1) is 19.4. The number of amides is 2. The molecule has 0 radical (unpaired) electrons. The Balaban J connectivity index is 1.76. The summed E-state index contributed by atoms with van der Waals surface area (Å²) in [6, 6.07) is 7.63. The molecule has 0 bridgehead atoms. The van der Waals surface area contributed by atoms with Crippen molar-refractivity contribution in [2.24, 2.45) is 5.73 Å². The smallest absolute Gasteiger partial charge is 0.254 e. The maximum Gasteiger partial charge on any atom is 0.254 e. The molecule has 1 aromatic heterocycles. The third-order valence-corrected chi connectivity index (χ3v) is 4.80. The van der Waals surface area contributed by atoms with Crippen LogP contribution in [0, 0.1) is 0 Å². The molecule has 3 rings (SSSR count). The lowest BCUT2D eigenvalue weighted by molar-refractivity contribution is -0.122. The van der Waals surface area contributed by atoms with Crippen LogP contribution in [0.3, 0.4) is 0 Å². The third-order valence-electron chi connectivity index (χ3n) is 4.80. The van der Waals surface area contributed by atoms with Crippen LogP contribution in [-0.2, 0) is 4.79 Å². The highest BCUT2D eigenvalue weighted by atomic mass is 16.2. The quantitative estimate of drug-likeness (QED) is 0.595. The first-order chi connectivity index (χ1) is 13.5. The Labute approximate surface area is 163 Å². The molecule has 1 unspecified atom stereocenters. The molecule has 1 fully saturated rings. The molecule has 1 aromatic carbocycles. The number of carbonyl (C=O) groups is 2. The van der Waals surface area contributed by atoms with E-state index in [4.69, 9.17) is 5.73 Å². The van der Waals surface area contributed by atoms with Gasteiger partial charge in [0.05, 0.1) is 5.56 Å². The molecule has 0 spiro atoms. The number of likely N-dealkylation sites (N-methyl/N-ethyl adjacent to an activating group) is 1. The summed E-state index contributed by atoms with van der Waals surface area (Å²) in [4.78, 5) is 34.1. The van der Waals surface area contributed by atoms with Gasteiger partial charge in [0.1, 0.15) is 11.9 Å². The second-order valence-electron chi connectivity index (χ2n) is 6.56. The Morgan fingerprint density at radius 1 is 1.18 bits per heavy atom. The number of primary amides is 1. The van der Waals surface area contributed by atoms with E-state index in [1.54, 1.807) is 14.1 Å². The van der Waals surface area contributed by atoms with Crippen molar-refractivity contribution >= 4 is 35.0 Å². The number of piperidine rings is 1. The molecule has 2 heterocycles. The van der Waals surface area contributed by atoms with Crippen molar-refractivity contribution in [1.29, 1.82) is 0 Å². The van der Waals surface area contributed by atoms with Gasteiger partial charge in [-0.05, 0) is 43.5 Å². The standard InChI is InChI=1S/C19H25N7O2/c1-21-17-14(16(20)27)11-23-19(25-17)24-12-6-8-13(9-7-12)26-10-4-3-5-15(26)18(28)22-2/h6-9,11,15H,3-5,10H2,1-2H3,(H2,20,27)(H,22,28)(H2,21,23,24,25). The van der Waals surface area contributed by atoms with Crippen LogP contribution in [0.25, 0.3) is 0 Å². The lowest BCUT2D eigenvalue weighted by Gasteiger charge is -2.36. The minimum Gasteiger partial charge on any atom is -0.372 e. The van der Waals surface area contributed by atoms with E-state index < -0.39 is 5.91 Å². The minimum absolute atomic E-state index is 0.0458. The summed E-state index contributed by atoms with van der Waals surface area (Å²) in [5, 5.41) is 8.70. The van der Waals surface area contributed by atoms with E-state index in [1.165, 1.54) is 6.20 Å². The Kier molecular flexibility index (Phi) is 5.93. The largest absolute Gasteiger partial charge is 0.372 e. The Hall–Kier alpha value is -3.36. The van der Waals surface area contributed by atoms with Crippen LogP contribution in [-0.4, -0.2) is 48.5 Å². The predicted octanol–water partition coefficient (Wildman–Crippen LogP) is 1.47. The van der Waals surface area contributed by atoms with Gasteiger partial charge >= 0.3 is 0 Å². The summed E-state index contributed by atoms with van der Waals surface area (Å²) in [6.07, 6.45) is 4.37. The topological polar surface area (TPSA) is 125 Å². The number of anilines is 4.